The van der Waals surface area contributed by atoms with E-state index in [-0.39, 0.29) is 12.4 Å². The number of halogens is 1. The van der Waals surface area contributed by atoms with Crippen LogP contribution in [0, 0.1) is 0 Å². The second kappa shape index (κ2) is 6.93. The van der Waals surface area contributed by atoms with Crippen molar-refractivity contribution in [2.75, 3.05) is 19.6 Å². The van der Waals surface area contributed by atoms with Crippen molar-refractivity contribution in [1.82, 2.24) is 25.2 Å². The molecule has 0 spiro atoms. The van der Waals surface area contributed by atoms with Gasteiger partial charge < -0.3 is 5.32 Å². The van der Waals surface area contributed by atoms with E-state index < -0.39 is 0 Å². The summed E-state index contributed by atoms with van der Waals surface area (Å²) < 4.78 is 1.77. The highest BCUT2D eigenvalue weighted by Gasteiger charge is 2.21. The van der Waals surface area contributed by atoms with E-state index in [4.69, 9.17) is 0 Å². The van der Waals surface area contributed by atoms with Gasteiger partial charge in [-0.1, -0.05) is 18.6 Å². The Morgan fingerprint density at radius 1 is 1.53 bits per heavy atom. The molecule has 0 aliphatic carbocycles. The number of nitrogens with one attached hydrogen (secondary N) is 1. The lowest BCUT2D eigenvalue weighted by atomic mass is 10.1. The largest absolute Gasteiger partial charge is 0.314 e. The molecule has 2 rings (SSSR count). The summed E-state index contributed by atoms with van der Waals surface area (Å²) in [5, 5.41) is 11.6. The number of aryl methyl sites for hydroxylation is 1. The number of rotatable bonds is 4. The first-order valence-corrected chi connectivity index (χ1v) is 6.09. The molecule has 1 aliphatic heterocycles. The van der Waals surface area contributed by atoms with Crippen LogP contribution in [0.4, 0.5) is 0 Å². The van der Waals surface area contributed by atoms with E-state index in [0.29, 0.717) is 6.04 Å². The lowest BCUT2D eigenvalue weighted by Crippen LogP contribution is -2.50. The number of piperazine rings is 1. The van der Waals surface area contributed by atoms with Crippen molar-refractivity contribution < 1.29 is 0 Å². The molecule has 1 aliphatic rings. The van der Waals surface area contributed by atoms with Crippen LogP contribution < -0.4 is 5.32 Å². The molecule has 17 heavy (non-hydrogen) atoms. The maximum Gasteiger partial charge on any atom is 0.0967 e. The number of aromatic nitrogens is 3. The molecule has 1 aromatic heterocycles. The summed E-state index contributed by atoms with van der Waals surface area (Å²) in [6, 6.07) is 0.653. The highest BCUT2D eigenvalue weighted by Crippen LogP contribution is 2.12. The summed E-state index contributed by atoms with van der Waals surface area (Å²) in [4.78, 5) is 2.52. The van der Waals surface area contributed by atoms with Crippen LogP contribution in [0.3, 0.4) is 0 Å². The molecule has 98 valence electrons. The van der Waals surface area contributed by atoms with Crippen molar-refractivity contribution >= 4 is 12.4 Å². The summed E-state index contributed by atoms with van der Waals surface area (Å²) in [6.07, 6.45) is 4.50. The molecule has 0 bridgehead atoms. The van der Waals surface area contributed by atoms with E-state index in [0.717, 1.165) is 31.9 Å². The Labute approximate surface area is 109 Å². The van der Waals surface area contributed by atoms with Gasteiger partial charge in [-0.3, -0.25) is 9.58 Å². The molecule has 1 N–H and O–H groups in total. The van der Waals surface area contributed by atoms with Crippen LogP contribution in [0.1, 0.15) is 25.5 Å². The molecule has 0 radical (unpaired) electrons. The van der Waals surface area contributed by atoms with Crippen LogP contribution >= 0.6 is 12.4 Å². The van der Waals surface area contributed by atoms with E-state index >= 15 is 0 Å². The van der Waals surface area contributed by atoms with Gasteiger partial charge in [-0.05, 0) is 6.42 Å². The van der Waals surface area contributed by atoms with Crippen LogP contribution in [0.15, 0.2) is 6.20 Å². The number of nitrogens with zero attached hydrogens (tertiary/aromatic N) is 4. The Hall–Kier alpha value is -0.650. The number of hydrogen-bond donors (Lipinski definition) is 1. The molecule has 5 nitrogen and oxygen atoms in total. The van der Waals surface area contributed by atoms with Gasteiger partial charge in [0.05, 0.1) is 5.69 Å². The monoisotopic (exact) mass is 259 g/mol. The van der Waals surface area contributed by atoms with Crippen LogP contribution in [-0.2, 0) is 13.6 Å². The normalized spacial score (nSPS) is 21.2. The molecule has 1 saturated heterocycles. The molecule has 6 heteroatoms. The van der Waals surface area contributed by atoms with Gasteiger partial charge in [-0.15, -0.1) is 17.5 Å². The minimum Gasteiger partial charge on any atom is -0.314 e. The van der Waals surface area contributed by atoms with Crippen molar-refractivity contribution in [3.63, 3.8) is 0 Å². The zero-order valence-electron chi connectivity index (χ0n) is 10.6. The van der Waals surface area contributed by atoms with E-state index in [1.807, 2.05) is 13.2 Å². The van der Waals surface area contributed by atoms with Crippen LogP contribution in [-0.4, -0.2) is 45.6 Å². The first kappa shape index (κ1) is 14.4. The van der Waals surface area contributed by atoms with E-state index in [2.05, 4.69) is 27.5 Å². The van der Waals surface area contributed by atoms with Crippen LogP contribution in [0.5, 0.6) is 0 Å². The van der Waals surface area contributed by atoms with Gasteiger partial charge in [0, 0.05) is 45.5 Å². The van der Waals surface area contributed by atoms with Gasteiger partial charge >= 0.3 is 0 Å². The van der Waals surface area contributed by atoms with Crippen LogP contribution in [0.25, 0.3) is 0 Å². The predicted octanol–water partition coefficient (Wildman–Crippen LogP) is 0.811. The summed E-state index contributed by atoms with van der Waals surface area (Å²) >= 11 is 0. The standard InChI is InChI=1S/C11H21N5.ClH/c1-3-4-11-7-12-5-6-16(11)9-10-8-15(2)14-13-10;/h8,11-12H,3-7,9H2,1-2H3;1H. The van der Waals surface area contributed by atoms with Crippen molar-refractivity contribution in [2.24, 2.45) is 7.05 Å². The summed E-state index contributed by atoms with van der Waals surface area (Å²) in [5.41, 5.74) is 1.07. The molecule has 1 unspecified atom stereocenters. The summed E-state index contributed by atoms with van der Waals surface area (Å²) in [5.74, 6) is 0. The molecular formula is C11H22ClN5. The highest BCUT2D eigenvalue weighted by molar-refractivity contribution is 5.85. The Morgan fingerprint density at radius 2 is 2.35 bits per heavy atom. The molecule has 1 aromatic rings. The Morgan fingerprint density at radius 3 is 3.00 bits per heavy atom. The molecule has 0 saturated carbocycles. The van der Waals surface area contributed by atoms with Gasteiger partial charge in [0.15, 0.2) is 0 Å². The number of hydrogen-bond acceptors (Lipinski definition) is 4. The topological polar surface area (TPSA) is 46.0 Å². The zero-order chi connectivity index (χ0) is 11.4. The average molecular weight is 260 g/mol. The molecule has 0 amide bonds. The van der Waals surface area contributed by atoms with Gasteiger partial charge in [-0.25, -0.2) is 0 Å². The first-order chi connectivity index (χ1) is 7.79. The van der Waals surface area contributed by atoms with Crippen molar-refractivity contribution in [2.45, 2.75) is 32.4 Å². The van der Waals surface area contributed by atoms with E-state index in [1.54, 1.807) is 4.68 Å². The van der Waals surface area contributed by atoms with Gasteiger partial charge in [-0.2, -0.15) is 0 Å². The SMILES string of the molecule is CCCC1CNCCN1Cc1cn(C)nn1.Cl. The Bertz CT molecular complexity index is 325. The quantitative estimate of drug-likeness (QED) is 0.869. The maximum atomic E-state index is 4.16. The minimum absolute atomic E-state index is 0. The predicted molar refractivity (Wildman–Crippen MR) is 70.2 cm³/mol. The fraction of sp³-hybridized carbons (Fsp3) is 0.818. The van der Waals surface area contributed by atoms with E-state index in [9.17, 15) is 0 Å². The molecule has 1 atom stereocenters. The average Bonchev–Trinajstić information content (AvgIpc) is 2.67. The zero-order valence-corrected chi connectivity index (χ0v) is 11.4. The third-order valence-corrected chi connectivity index (χ3v) is 3.11. The third-order valence-electron chi connectivity index (χ3n) is 3.11. The molecule has 0 aromatic carbocycles. The minimum atomic E-state index is 0. The Balaban J connectivity index is 0.00000144. The fourth-order valence-corrected chi connectivity index (χ4v) is 2.30. The van der Waals surface area contributed by atoms with Crippen molar-refractivity contribution in [1.29, 1.82) is 0 Å². The third kappa shape index (κ3) is 3.94. The lowest BCUT2D eigenvalue weighted by molar-refractivity contribution is 0.142. The van der Waals surface area contributed by atoms with Crippen molar-refractivity contribution in [3.8, 4) is 0 Å². The smallest absolute Gasteiger partial charge is 0.0967 e. The highest BCUT2D eigenvalue weighted by atomic mass is 35.5. The molecule has 1 fully saturated rings. The maximum absolute atomic E-state index is 4.16. The molecular weight excluding hydrogens is 238 g/mol. The van der Waals surface area contributed by atoms with Gasteiger partial charge in [0.25, 0.3) is 0 Å². The lowest BCUT2D eigenvalue weighted by Gasteiger charge is -2.35. The molecule has 2 heterocycles. The van der Waals surface area contributed by atoms with Gasteiger partial charge in [0.1, 0.15) is 0 Å². The first-order valence-electron chi connectivity index (χ1n) is 6.09. The van der Waals surface area contributed by atoms with Gasteiger partial charge in [0.2, 0.25) is 0 Å². The second-order valence-electron chi connectivity index (χ2n) is 4.50. The van der Waals surface area contributed by atoms with Crippen molar-refractivity contribution in [3.05, 3.63) is 11.9 Å². The summed E-state index contributed by atoms with van der Waals surface area (Å²) in [7, 11) is 1.91. The van der Waals surface area contributed by atoms with E-state index in [1.165, 1.54) is 12.8 Å². The second-order valence-corrected chi connectivity index (χ2v) is 4.50. The van der Waals surface area contributed by atoms with Crippen LogP contribution in [0.2, 0.25) is 0 Å². The summed E-state index contributed by atoms with van der Waals surface area (Å²) in [6.45, 7) is 6.48. The Kier molecular flexibility index (Phi) is 5.88. The fourth-order valence-electron chi connectivity index (χ4n) is 2.30.